The van der Waals surface area contributed by atoms with Crippen LogP contribution in [0.2, 0.25) is 0 Å². The minimum absolute atomic E-state index is 0.350. The summed E-state index contributed by atoms with van der Waals surface area (Å²) in [6.45, 7) is 5.14. The van der Waals surface area contributed by atoms with Crippen LogP contribution in [0.3, 0.4) is 0 Å². The first kappa shape index (κ1) is 13.6. The molecule has 5 heteroatoms. The van der Waals surface area contributed by atoms with Gasteiger partial charge in [0.2, 0.25) is 0 Å². The highest BCUT2D eigenvalue weighted by molar-refractivity contribution is 6.62. The lowest BCUT2D eigenvalue weighted by Gasteiger charge is -2.13. The number of rotatable bonds is 5. The van der Waals surface area contributed by atoms with Gasteiger partial charge in [0.1, 0.15) is 5.75 Å². The second kappa shape index (κ2) is 6.34. The third kappa shape index (κ3) is 3.52. The Morgan fingerprint density at radius 2 is 1.82 bits per heavy atom. The summed E-state index contributed by atoms with van der Waals surface area (Å²) in [5.41, 5.74) is 0.350. The van der Waals surface area contributed by atoms with Gasteiger partial charge in [-0.3, -0.25) is 0 Å². The molecule has 0 aliphatic carbocycles. The molecule has 0 N–H and O–H groups in total. The Hall–Kier alpha value is -1.43. The number of carbonyl (C=O) groups excluding carboxylic acids is 1. The van der Waals surface area contributed by atoms with Crippen LogP contribution in [-0.2, 0) is 13.6 Å². The normalized spacial score (nSPS) is 10.4. The van der Waals surface area contributed by atoms with Crippen LogP contribution >= 0.6 is 0 Å². The van der Waals surface area contributed by atoms with E-state index in [1.807, 2.05) is 12.1 Å². The quantitative estimate of drug-likeness (QED) is 0.341. The minimum Gasteiger partial charge on any atom is -0.423 e. The molecule has 17 heavy (non-hydrogen) atoms. The standard InChI is InChI=1S/C12H15O4Si/c1-9(2)12(13)16-10-7-5-6-8-11(10)17(14-3)15-4/h5-8H,1H2,2-4H3. The Morgan fingerprint density at radius 3 is 2.35 bits per heavy atom. The first-order valence-electron chi connectivity index (χ1n) is 5.02. The molecule has 0 aliphatic heterocycles. The molecule has 0 heterocycles. The van der Waals surface area contributed by atoms with Crippen LogP contribution in [0, 0.1) is 0 Å². The van der Waals surface area contributed by atoms with E-state index in [4.69, 9.17) is 13.6 Å². The molecule has 0 spiro atoms. The number of carbonyl (C=O) groups is 1. The molecular formula is C12H15O4Si. The molecule has 1 aromatic carbocycles. The maximum Gasteiger partial charge on any atom is 0.426 e. The lowest BCUT2D eigenvalue weighted by atomic mass is 10.3. The summed E-state index contributed by atoms with van der Waals surface area (Å²) in [4.78, 5) is 11.5. The van der Waals surface area contributed by atoms with Crippen molar-refractivity contribution in [3.8, 4) is 5.75 Å². The second-order valence-corrected chi connectivity index (χ2v) is 5.29. The maximum absolute atomic E-state index is 11.5. The van der Waals surface area contributed by atoms with Crippen LogP contribution in [0.4, 0.5) is 0 Å². The zero-order valence-corrected chi connectivity index (χ0v) is 11.1. The van der Waals surface area contributed by atoms with Gasteiger partial charge in [0.15, 0.2) is 0 Å². The first-order chi connectivity index (χ1) is 8.10. The molecule has 0 aromatic heterocycles. The molecule has 0 amide bonds. The summed E-state index contributed by atoms with van der Waals surface area (Å²) in [6, 6.07) is 7.16. The zero-order chi connectivity index (χ0) is 12.8. The van der Waals surface area contributed by atoms with Crippen LogP contribution in [0.15, 0.2) is 36.4 Å². The highest BCUT2D eigenvalue weighted by atomic mass is 28.3. The molecule has 1 aromatic rings. The monoisotopic (exact) mass is 251 g/mol. The van der Waals surface area contributed by atoms with E-state index in [0.717, 1.165) is 5.19 Å². The van der Waals surface area contributed by atoms with Gasteiger partial charge in [-0.2, -0.15) is 0 Å². The fourth-order valence-corrected chi connectivity index (χ4v) is 2.39. The fraction of sp³-hybridized carbons (Fsp3) is 0.250. The summed E-state index contributed by atoms with van der Waals surface area (Å²) < 4.78 is 15.7. The molecule has 0 fully saturated rings. The minimum atomic E-state index is -1.61. The van der Waals surface area contributed by atoms with Gasteiger partial charge in [-0.25, -0.2) is 4.79 Å². The van der Waals surface area contributed by atoms with Gasteiger partial charge < -0.3 is 13.6 Å². The van der Waals surface area contributed by atoms with Gasteiger partial charge in [0.05, 0.1) is 0 Å². The molecule has 0 aliphatic rings. The molecule has 0 bridgehead atoms. The van der Waals surface area contributed by atoms with Gasteiger partial charge in [0, 0.05) is 25.0 Å². The average molecular weight is 251 g/mol. The van der Waals surface area contributed by atoms with Gasteiger partial charge in [-0.15, -0.1) is 0 Å². The van der Waals surface area contributed by atoms with E-state index in [-0.39, 0.29) is 0 Å². The molecule has 4 nitrogen and oxygen atoms in total. The second-order valence-electron chi connectivity index (χ2n) is 3.36. The highest BCUT2D eigenvalue weighted by Gasteiger charge is 2.21. The van der Waals surface area contributed by atoms with Crippen LogP contribution < -0.4 is 9.92 Å². The van der Waals surface area contributed by atoms with Crippen LogP contribution in [0.5, 0.6) is 5.75 Å². The van der Waals surface area contributed by atoms with Gasteiger partial charge in [-0.1, -0.05) is 24.8 Å². The molecule has 0 atom stereocenters. The van der Waals surface area contributed by atoms with Crippen molar-refractivity contribution in [2.75, 3.05) is 14.2 Å². The van der Waals surface area contributed by atoms with Crippen molar-refractivity contribution in [3.63, 3.8) is 0 Å². The maximum atomic E-state index is 11.5. The van der Waals surface area contributed by atoms with E-state index in [9.17, 15) is 4.79 Å². The van der Waals surface area contributed by atoms with Crippen molar-refractivity contribution in [3.05, 3.63) is 36.4 Å². The van der Waals surface area contributed by atoms with E-state index in [1.54, 1.807) is 33.3 Å². The van der Waals surface area contributed by atoms with Crippen LogP contribution in [0.1, 0.15) is 6.92 Å². The Labute approximate surface area is 103 Å². The van der Waals surface area contributed by atoms with Crippen molar-refractivity contribution in [2.45, 2.75) is 6.92 Å². The number of esters is 1. The lowest BCUT2D eigenvalue weighted by Crippen LogP contribution is -2.36. The van der Waals surface area contributed by atoms with E-state index in [2.05, 4.69) is 6.58 Å². The third-order valence-electron chi connectivity index (χ3n) is 2.03. The predicted octanol–water partition coefficient (Wildman–Crippen LogP) is 1.16. The van der Waals surface area contributed by atoms with Crippen molar-refractivity contribution in [1.82, 2.24) is 0 Å². The van der Waals surface area contributed by atoms with Crippen LogP contribution in [0.25, 0.3) is 0 Å². The van der Waals surface area contributed by atoms with Crippen LogP contribution in [-0.4, -0.2) is 29.5 Å². The van der Waals surface area contributed by atoms with E-state index < -0.39 is 15.3 Å². The van der Waals surface area contributed by atoms with Crippen molar-refractivity contribution in [1.29, 1.82) is 0 Å². The van der Waals surface area contributed by atoms with Crippen molar-refractivity contribution < 1.29 is 18.4 Å². The largest absolute Gasteiger partial charge is 0.426 e. The molecule has 1 radical (unpaired) electrons. The predicted molar refractivity (Wildman–Crippen MR) is 66.3 cm³/mol. The SMILES string of the molecule is C=C(C)C(=O)Oc1ccccc1[Si](OC)OC. The zero-order valence-electron chi connectivity index (χ0n) is 10.1. The molecular weight excluding hydrogens is 236 g/mol. The number of benzene rings is 1. The summed E-state index contributed by atoms with van der Waals surface area (Å²) in [5, 5.41) is 0.761. The Bertz CT molecular complexity index is 413. The highest BCUT2D eigenvalue weighted by Crippen LogP contribution is 2.10. The number of hydrogen-bond donors (Lipinski definition) is 0. The first-order valence-corrected chi connectivity index (χ1v) is 6.33. The summed E-state index contributed by atoms with van der Waals surface area (Å²) in [7, 11) is 1.52. The number of ether oxygens (including phenoxy) is 1. The van der Waals surface area contributed by atoms with Crippen molar-refractivity contribution >= 4 is 20.4 Å². The molecule has 91 valence electrons. The number of para-hydroxylation sites is 1. The molecule has 0 saturated heterocycles. The topological polar surface area (TPSA) is 44.8 Å². The third-order valence-corrected chi connectivity index (χ3v) is 3.62. The molecule has 0 saturated carbocycles. The Kier molecular flexibility index (Phi) is 5.08. The van der Waals surface area contributed by atoms with E-state index in [0.29, 0.717) is 11.3 Å². The average Bonchev–Trinajstić information content (AvgIpc) is 2.32. The van der Waals surface area contributed by atoms with E-state index >= 15 is 0 Å². The molecule has 0 unspecified atom stereocenters. The Balaban J connectivity index is 2.99. The smallest absolute Gasteiger partial charge is 0.423 e. The summed E-state index contributed by atoms with van der Waals surface area (Å²) in [6.07, 6.45) is 0. The molecule has 1 rings (SSSR count). The number of hydrogen-bond acceptors (Lipinski definition) is 4. The van der Waals surface area contributed by atoms with Gasteiger partial charge in [0.25, 0.3) is 0 Å². The summed E-state index contributed by atoms with van der Waals surface area (Å²) in [5.74, 6) is 0.00379. The van der Waals surface area contributed by atoms with Gasteiger partial charge >= 0.3 is 15.3 Å². The van der Waals surface area contributed by atoms with Gasteiger partial charge in [-0.05, 0) is 13.0 Å². The summed E-state index contributed by atoms with van der Waals surface area (Å²) >= 11 is 0. The fourth-order valence-electron chi connectivity index (χ4n) is 1.21. The lowest BCUT2D eigenvalue weighted by molar-refractivity contribution is -0.130. The van der Waals surface area contributed by atoms with E-state index in [1.165, 1.54) is 0 Å². The Morgan fingerprint density at radius 1 is 1.24 bits per heavy atom. The van der Waals surface area contributed by atoms with Crippen molar-refractivity contribution in [2.24, 2.45) is 0 Å².